The fraction of sp³-hybridized carbons (Fsp3) is 0.154. The lowest BCUT2D eigenvalue weighted by Gasteiger charge is -2.10. The molecule has 19 heavy (non-hydrogen) atoms. The normalized spacial score (nSPS) is 10.0. The summed E-state index contributed by atoms with van der Waals surface area (Å²) >= 11 is 0. The van der Waals surface area contributed by atoms with Crippen LogP contribution in [0.3, 0.4) is 0 Å². The second-order valence-corrected chi connectivity index (χ2v) is 3.99. The molecule has 0 fully saturated rings. The van der Waals surface area contributed by atoms with Crippen molar-refractivity contribution in [2.45, 2.75) is 13.8 Å². The van der Waals surface area contributed by atoms with Gasteiger partial charge in [0.25, 0.3) is 5.88 Å². The van der Waals surface area contributed by atoms with Crippen molar-refractivity contribution in [1.29, 1.82) is 5.26 Å². The summed E-state index contributed by atoms with van der Waals surface area (Å²) in [4.78, 5) is 0. The number of benzene rings is 1. The van der Waals surface area contributed by atoms with E-state index in [-0.39, 0.29) is 22.9 Å². The standard InChI is InChI=1S/C13H11FN4O/c1-7-8(2)17-18-13(10(7)6-15)19-12-4-3-9(14)5-11(12)16/h3-5H,16H2,1-2H3. The molecule has 2 N–H and O–H groups in total. The van der Waals surface area contributed by atoms with Crippen LogP contribution in [-0.2, 0) is 0 Å². The summed E-state index contributed by atoms with van der Waals surface area (Å²) < 4.78 is 18.4. The van der Waals surface area contributed by atoms with E-state index in [0.29, 0.717) is 11.3 Å². The minimum Gasteiger partial charge on any atom is -0.434 e. The summed E-state index contributed by atoms with van der Waals surface area (Å²) in [5, 5.41) is 16.8. The number of aryl methyl sites for hydroxylation is 1. The fourth-order valence-corrected chi connectivity index (χ4v) is 1.51. The summed E-state index contributed by atoms with van der Waals surface area (Å²) in [7, 11) is 0. The monoisotopic (exact) mass is 258 g/mol. The van der Waals surface area contributed by atoms with E-state index in [2.05, 4.69) is 10.2 Å². The third kappa shape index (κ3) is 2.45. The Labute approximate surface area is 109 Å². The zero-order chi connectivity index (χ0) is 14.0. The fourth-order valence-electron chi connectivity index (χ4n) is 1.51. The zero-order valence-corrected chi connectivity index (χ0v) is 10.4. The lowest BCUT2D eigenvalue weighted by atomic mass is 10.1. The molecule has 0 saturated carbocycles. The third-order valence-corrected chi connectivity index (χ3v) is 2.71. The van der Waals surface area contributed by atoms with E-state index in [1.165, 1.54) is 12.1 Å². The van der Waals surface area contributed by atoms with Crippen molar-refractivity contribution in [1.82, 2.24) is 10.2 Å². The third-order valence-electron chi connectivity index (χ3n) is 2.71. The lowest BCUT2D eigenvalue weighted by Crippen LogP contribution is -2.02. The molecule has 0 amide bonds. The average Bonchev–Trinajstić information content (AvgIpc) is 2.37. The highest BCUT2D eigenvalue weighted by Crippen LogP contribution is 2.29. The van der Waals surface area contributed by atoms with Crippen LogP contribution in [0.1, 0.15) is 16.8 Å². The molecule has 96 valence electrons. The Morgan fingerprint density at radius 1 is 1.32 bits per heavy atom. The van der Waals surface area contributed by atoms with Crippen molar-refractivity contribution in [2.24, 2.45) is 0 Å². The molecule has 0 aliphatic rings. The van der Waals surface area contributed by atoms with Crippen molar-refractivity contribution in [3.05, 3.63) is 40.8 Å². The molecule has 0 atom stereocenters. The maximum Gasteiger partial charge on any atom is 0.257 e. The number of aromatic nitrogens is 2. The molecule has 1 aromatic carbocycles. The average molecular weight is 258 g/mol. The molecule has 1 aromatic heterocycles. The van der Waals surface area contributed by atoms with E-state index in [9.17, 15) is 4.39 Å². The largest absolute Gasteiger partial charge is 0.434 e. The van der Waals surface area contributed by atoms with Crippen molar-refractivity contribution >= 4 is 5.69 Å². The number of nitrogens with two attached hydrogens (primary N) is 1. The van der Waals surface area contributed by atoms with E-state index in [1.807, 2.05) is 6.07 Å². The molecule has 6 heteroatoms. The SMILES string of the molecule is Cc1nnc(Oc2ccc(F)cc2N)c(C#N)c1C. The smallest absolute Gasteiger partial charge is 0.257 e. The molecule has 0 spiro atoms. The minimum atomic E-state index is -0.462. The van der Waals surface area contributed by atoms with E-state index >= 15 is 0 Å². The Morgan fingerprint density at radius 3 is 2.68 bits per heavy atom. The lowest BCUT2D eigenvalue weighted by molar-refractivity contribution is 0.452. The van der Waals surface area contributed by atoms with Gasteiger partial charge in [-0.05, 0) is 31.5 Å². The number of ether oxygens (including phenoxy) is 1. The summed E-state index contributed by atoms with van der Waals surface area (Å²) in [6.07, 6.45) is 0. The maximum atomic E-state index is 12.9. The molecule has 2 aromatic rings. The summed E-state index contributed by atoms with van der Waals surface area (Å²) in [6.45, 7) is 3.50. The van der Waals surface area contributed by atoms with Crippen molar-refractivity contribution < 1.29 is 9.13 Å². The van der Waals surface area contributed by atoms with Gasteiger partial charge in [0.05, 0.1) is 11.4 Å². The zero-order valence-electron chi connectivity index (χ0n) is 10.4. The Balaban J connectivity index is 2.44. The predicted molar refractivity (Wildman–Crippen MR) is 67.1 cm³/mol. The van der Waals surface area contributed by atoms with Gasteiger partial charge in [-0.1, -0.05) is 0 Å². The Kier molecular flexibility index (Phi) is 3.29. The van der Waals surface area contributed by atoms with Crippen molar-refractivity contribution in [2.75, 3.05) is 5.73 Å². The highest BCUT2D eigenvalue weighted by Gasteiger charge is 2.14. The first-order valence-corrected chi connectivity index (χ1v) is 5.49. The molecule has 0 bridgehead atoms. The molecule has 0 aliphatic carbocycles. The minimum absolute atomic E-state index is 0.0592. The summed E-state index contributed by atoms with van der Waals surface area (Å²) in [5.74, 6) is -0.170. The number of anilines is 1. The van der Waals surface area contributed by atoms with Crippen LogP contribution in [0.25, 0.3) is 0 Å². The molecular weight excluding hydrogens is 247 g/mol. The number of rotatable bonds is 2. The van der Waals surface area contributed by atoms with Crippen molar-refractivity contribution in [3.63, 3.8) is 0 Å². The van der Waals surface area contributed by atoms with Gasteiger partial charge in [0.1, 0.15) is 17.4 Å². The molecular formula is C13H11FN4O. The predicted octanol–water partition coefficient (Wildman–Crippen LogP) is 2.48. The summed E-state index contributed by atoms with van der Waals surface area (Å²) in [5.41, 5.74) is 7.39. The van der Waals surface area contributed by atoms with Gasteiger partial charge in [0.15, 0.2) is 5.75 Å². The molecule has 0 unspecified atom stereocenters. The van der Waals surface area contributed by atoms with Gasteiger partial charge in [-0.25, -0.2) is 4.39 Å². The van der Waals surface area contributed by atoms with E-state index in [1.54, 1.807) is 13.8 Å². The molecule has 0 aliphatic heterocycles. The summed E-state index contributed by atoms with van der Waals surface area (Å²) in [6, 6.07) is 5.74. The van der Waals surface area contributed by atoms with Crippen LogP contribution < -0.4 is 10.5 Å². The molecule has 2 rings (SSSR count). The van der Waals surface area contributed by atoms with Gasteiger partial charge in [0, 0.05) is 6.07 Å². The van der Waals surface area contributed by atoms with Gasteiger partial charge in [-0.3, -0.25) is 0 Å². The molecule has 0 saturated heterocycles. The second kappa shape index (κ2) is 4.90. The topological polar surface area (TPSA) is 84.8 Å². The van der Waals surface area contributed by atoms with Gasteiger partial charge < -0.3 is 10.5 Å². The first-order chi connectivity index (χ1) is 9.02. The van der Waals surface area contributed by atoms with Crippen LogP contribution in [0.5, 0.6) is 11.6 Å². The van der Waals surface area contributed by atoms with E-state index < -0.39 is 5.82 Å². The number of hydrogen-bond acceptors (Lipinski definition) is 5. The van der Waals surface area contributed by atoms with Gasteiger partial charge >= 0.3 is 0 Å². The van der Waals surface area contributed by atoms with Crippen LogP contribution in [0.2, 0.25) is 0 Å². The number of nitrogens with zero attached hydrogens (tertiary/aromatic N) is 3. The Hall–Kier alpha value is -2.68. The number of nitrogen functional groups attached to an aromatic ring is 1. The number of hydrogen-bond donors (Lipinski definition) is 1. The number of nitriles is 1. The molecule has 5 nitrogen and oxygen atoms in total. The first kappa shape index (κ1) is 12.8. The highest BCUT2D eigenvalue weighted by atomic mass is 19.1. The van der Waals surface area contributed by atoms with Crippen LogP contribution in [-0.4, -0.2) is 10.2 Å². The molecule has 0 radical (unpaired) electrons. The van der Waals surface area contributed by atoms with Crippen LogP contribution in [0.4, 0.5) is 10.1 Å². The van der Waals surface area contributed by atoms with Gasteiger partial charge in [0.2, 0.25) is 0 Å². The quantitative estimate of drug-likeness (QED) is 0.836. The van der Waals surface area contributed by atoms with Crippen LogP contribution in [0, 0.1) is 31.0 Å². The Bertz CT molecular complexity index is 679. The van der Waals surface area contributed by atoms with E-state index in [4.69, 9.17) is 15.7 Å². The first-order valence-electron chi connectivity index (χ1n) is 5.49. The van der Waals surface area contributed by atoms with Gasteiger partial charge in [-0.15, -0.1) is 5.10 Å². The van der Waals surface area contributed by atoms with Crippen molar-refractivity contribution in [3.8, 4) is 17.7 Å². The second-order valence-electron chi connectivity index (χ2n) is 3.99. The van der Waals surface area contributed by atoms with E-state index in [0.717, 1.165) is 6.07 Å². The number of halogens is 1. The molecule has 1 heterocycles. The maximum absolute atomic E-state index is 12.9. The van der Waals surface area contributed by atoms with Crippen LogP contribution in [0.15, 0.2) is 18.2 Å². The van der Waals surface area contributed by atoms with Gasteiger partial charge in [-0.2, -0.15) is 10.4 Å². The highest BCUT2D eigenvalue weighted by molar-refractivity contribution is 5.55. The Morgan fingerprint density at radius 2 is 2.05 bits per heavy atom. The van der Waals surface area contributed by atoms with Crippen LogP contribution >= 0.6 is 0 Å².